The van der Waals surface area contributed by atoms with Gasteiger partial charge in [0.2, 0.25) is 5.91 Å². The van der Waals surface area contributed by atoms with E-state index < -0.39 is 0 Å². The Morgan fingerprint density at radius 3 is 2.75 bits per heavy atom. The van der Waals surface area contributed by atoms with Crippen LogP contribution in [0.1, 0.15) is 33.6 Å². The van der Waals surface area contributed by atoms with Crippen molar-refractivity contribution in [1.29, 1.82) is 0 Å². The lowest BCUT2D eigenvalue weighted by molar-refractivity contribution is -0.139. The van der Waals surface area contributed by atoms with E-state index in [1.165, 1.54) is 6.42 Å². The highest BCUT2D eigenvalue weighted by Crippen LogP contribution is 2.24. The van der Waals surface area contributed by atoms with Crippen molar-refractivity contribution in [2.24, 2.45) is 11.8 Å². The molecule has 1 unspecified atom stereocenters. The van der Waals surface area contributed by atoms with Crippen molar-refractivity contribution in [3.05, 3.63) is 0 Å². The Hall–Kier alpha value is -0.530. The number of piperidine rings is 1. The first kappa shape index (κ1) is 9.56. The fraction of sp³-hybridized carbons (Fsp3) is 0.900. The predicted molar refractivity (Wildman–Crippen MR) is 49.8 cm³/mol. The largest absolute Gasteiger partial charge is 0.343 e. The summed E-state index contributed by atoms with van der Waals surface area (Å²) in [6, 6.07) is 0. The molecule has 1 rings (SSSR count). The van der Waals surface area contributed by atoms with E-state index in [0.29, 0.717) is 17.7 Å². The van der Waals surface area contributed by atoms with E-state index in [1.54, 1.807) is 0 Å². The van der Waals surface area contributed by atoms with Gasteiger partial charge in [-0.3, -0.25) is 4.79 Å². The molecular weight excluding hydrogens is 150 g/mol. The Kier molecular flexibility index (Phi) is 3.12. The number of amides is 1. The van der Waals surface area contributed by atoms with Gasteiger partial charge >= 0.3 is 0 Å². The van der Waals surface area contributed by atoms with Gasteiger partial charge in [-0.15, -0.1) is 0 Å². The number of hydrogen-bond donors (Lipinski definition) is 0. The number of carbonyl (C=O) groups is 1. The Labute approximate surface area is 74.9 Å². The molecule has 1 amide bonds. The highest BCUT2D eigenvalue weighted by molar-refractivity contribution is 5.79. The first-order chi connectivity index (χ1) is 5.66. The highest BCUT2D eigenvalue weighted by Gasteiger charge is 2.29. The van der Waals surface area contributed by atoms with Gasteiger partial charge in [0, 0.05) is 19.0 Å². The molecule has 70 valence electrons. The molecule has 1 fully saturated rings. The molecule has 1 atom stereocenters. The van der Waals surface area contributed by atoms with Gasteiger partial charge in [0.1, 0.15) is 0 Å². The van der Waals surface area contributed by atoms with Crippen molar-refractivity contribution in [2.75, 3.05) is 13.1 Å². The van der Waals surface area contributed by atoms with Gasteiger partial charge < -0.3 is 4.90 Å². The van der Waals surface area contributed by atoms with Crippen LogP contribution in [0.4, 0.5) is 0 Å². The number of hydrogen-bond acceptors (Lipinski definition) is 1. The number of carbonyl (C=O) groups excluding carboxylic acids is 1. The summed E-state index contributed by atoms with van der Waals surface area (Å²) in [5.41, 5.74) is 0. The molecule has 0 aromatic rings. The summed E-state index contributed by atoms with van der Waals surface area (Å²) in [6.45, 7) is 8.19. The first-order valence-corrected chi connectivity index (χ1v) is 4.95. The summed E-state index contributed by atoms with van der Waals surface area (Å²) in [5, 5.41) is 0. The highest BCUT2D eigenvalue weighted by atomic mass is 16.2. The summed E-state index contributed by atoms with van der Waals surface area (Å²) >= 11 is 0. The monoisotopic (exact) mass is 169 g/mol. The SMILES string of the molecule is CCN1CCCC(C(C)C)C1=O. The second-order valence-corrected chi connectivity index (χ2v) is 3.91. The minimum Gasteiger partial charge on any atom is -0.343 e. The first-order valence-electron chi connectivity index (χ1n) is 4.95. The van der Waals surface area contributed by atoms with Gasteiger partial charge in [0.25, 0.3) is 0 Å². The van der Waals surface area contributed by atoms with Crippen LogP contribution in [0.3, 0.4) is 0 Å². The number of nitrogens with zero attached hydrogens (tertiary/aromatic N) is 1. The van der Waals surface area contributed by atoms with Crippen molar-refractivity contribution in [3.63, 3.8) is 0 Å². The van der Waals surface area contributed by atoms with Crippen molar-refractivity contribution in [2.45, 2.75) is 33.6 Å². The average Bonchev–Trinajstić information content (AvgIpc) is 2.04. The number of rotatable bonds is 2. The third-order valence-electron chi connectivity index (χ3n) is 2.76. The van der Waals surface area contributed by atoms with Gasteiger partial charge in [-0.05, 0) is 25.7 Å². The minimum atomic E-state index is 0.290. The third kappa shape index (κ3) is 1.79. The van der Waals surface area contributed by atoms with E-state index in [0.717, 1.165) is 19.5 Å². The maximum atomic E-state index is 11.7. The van der Waals surface area contributed by atoms with Gasteiger partial charge in [-0.2, -0.15) is 0 Å². The van der Waals surface area contributed by atoms with Crippen LogP contribution in [0.25, 0.3) is 0 Å². The molecule has 0 spiro atoms. The van der Waals surface area contributed by atoms with E-state index >= 15 is 0 Å². The standard InChI is InChI=1S/C10H19NO/c1-4-11-7-5-6-9(8(2)3)10(11)12/h8-9H,4-7H2,1-3H3. The summed E-state index contributed by atoms with van der Waals surface area (Å²) in [7, 11) is 0. The van der Waals surface area contributed by atoms with E-state index in [2.05, 4.69) is 20.8 Å². The van der Waals surface area contributed by atoms with E-state index in [4.69, 9.17) is 0 Å². The summed E-state index contributed by atoms with van der Waals surface area (Å²) < 4.78 is 0. The topological polar surface area (TPSA) is 20.3 Å². The molecule has 2 heteroatoms. The molecule has 12 heavy (non-hydrogen) atoms. The lowest BCUT2D eigenvalue weighted by atomic mass is 9.87. The Morgan fingerprint density at radius 2 is 2.25 bits per heavy atom. The minimum absolute atomic E-state index is 0.290. The molecule has 1 aliphatic rings. The van der Waals surface area contributed by atoms with E-state index in [9.17, 15) is 4.79 Å². The fourth-order valence-corrected chi connectivity index (χ4v) is 1.90. The molecule has 2 nitrogen and oxygen atoms in total. The molecule has 1 aliphatic heterocycles. The molecular formula is C10H19NO. The number of likely N-dealkylation sites (tertiary alicyclic amines) is 1. The zero-order valence-corrected chi connectivity index (χ0v) is 8.34. The lowest BCUT2D eigenvalue weighted by Gasteiger charge is -2.33. The van der Waals surface area contributed by atoms with Crippen LogP contribution >= 0.6 is 0 Å². The van der Waals surface area contributed by atoms with Crippen LogP contribution in [0.15, 0.2) is 0 Å². The third-order valence-corrected chi connectivity index (χ3v) is 2.76. The van der Waals surface area contributed by atoms with Crippen molar-refractivity contribution in [1.82, 2.24) is 4.90 Å². The quantitative estimate of drug-likeness (QED) is 0.618. The van der Waals surface area contributed by atoms with Crippen LogP contribution in [-0.4, -0.2) is 23.9 Å². The van der Waals surface area contributed by atoms with Crippen molar-refractivity contribution in [3.8, 4) is 0 Å². The molecule has 0 radical (unpaired) electrons. The average molecular weight is 169 g/mol. The molecule has 0 bridgehead atoms. The second-order valence-electron chi connectivity index (χ2n) is 3.91. The zero-order valence-electron chi connectivity index (χ0n) is 8.34. The Balaban J connectivity index is 2.59. The van der Waals surface area contributed by atoms with Crippen LogP contribution in [0.2, 0.25) is 0 Å². The zero-order chi connectivity index (χ0) is 9.14. The Bertz CT molecular complexity index is 165. The van der Waals surface area contributed by atoms with E-state index in [-0.39, 0.29) is 0 Å². The predicted octanol–water partition coefficient (Wildman–Crippen LogP) is 1.90. The molecule has 1 heterocycles. The maximum absolute atomic E-state index is 11.7. The summed E-state index contributed by atoms with van der Waals surface area (Å²) in [6.07, 6.45) is 2.27. The molecule has 0 aliphatic carbocycles. The van der Waals surface area contributed by atoms with Crippen LogP contribution in [-0.2, 0) is 4.79 Å². The molecule has 1 saturated heterocycles. The van der Waals surface area contributed by atoms with Crippen molar-refractivity contribution >= 4 is 5.91 Å². The Morgan fingerprint density at radius 1 is 1.58 bits per heavy atom. The van der Waals surface area contributed by atoms with Crippen LogP contribution in [0, 0.1) is 11.8 Å². The molecule has 0 saturated carbocycles. The van der Waals surface area contributed by atoms with Gasteiger partial charge in [-0.25, -0.2) is 0 Å². The van der Waals surface area contributed by atoms with Gasteiger partial charge in [0.15, 0.2) is 0 Å². The van der Waals surface area contributed by atoms with Gasteiger partial charge in [-0.1, -0.05) is 13.8 Å². The normalized spacial score (nSPS) is 25.2. The fourth-order valence-electron chi connectivity index (χ4n) is 1.90. The van der Waals surface area contributed by atoms with Crippen LogP contribution in [0.5, 0.6) is 0 Å². The maximum Gasteiger partial charge on any atom is 0.225 e. The molecule has 0 N–H and O–H groups in total. The second kappa shape index (κ2) is 3.92. The smallest absolute Gasteiger partial charge is 0.225 e. The summed E-state index contributed by atoms with van der Waals surface area (Å²) in [4.78, 5) is 13.7. The van der Waals surface area contributed by atoms with Crippen molar-refractivity contribution < 1.29 is 4.79 Å². The van der Waals surface area contributed by atoms with Gasteiger partial charge in [0.05, 0.1) is 0 Å². The molecule has 0 aromatic heterocycles. The van der Waals surface area contributed by atoms with E-state index in [1.807, 2.05) is 4.90 Å². The lowest BCUT2D eigenvalue weighted by Crippen LogP contribution is -2.42. The molecule has 0 aromatic carbocycles. The van der Waals surface area contributed by atoms with Crippen LogP contribution < -0.4 is 0 Å². The summed E-state index contributed by atoms with van der Waals surface area (Å²) in [5.74, 6) is 1.17.